The summed E-state index contributed by atoms with van der Waals surface area (Å²) in [7, 11) is 0. The van der Waals surface area contributed by atoms with Gasteiger partial charge in [0.15, 0.2) is 0 Å². The number of hydrogen-bond donors (Lipinski definition) is 2. The number of ether oxygens (including phenoxy) is 1. The average molecular weight is 231 g/mol. The van der Waals surface area contributed by atoms with Crippen molar-refractivity contribution in [3.05, 3.63) is 0 Å². The fourth-order valence-corrected chi connectivity index (χ4v) is 1.69. The smallest absolute Gasteiger partial charge is 0.410 e. The van der Waals surface area contributed by atoms with Crippen LogP contribution in [-0.2, 0) is 4.74 Å². The van der Waals surface area contributed by atoms with Crippen molar-refractivity contribution in [3.8, 4) is 0 Å². The zero-order valence-corrected chi connectivity index (χ0v) is 10.1. The number of likely N-dealkylation sites (tertiary alicyclic amines) is 1. The Kier molecular flexibility index (Phi) is 4.15. The van der Waals surface area contributed by atoms with E-state index in [1.54, 1.807) is 4.90 Å². The average Bonchev–Trinajstić information content (AvgIpc) is 2.15. The van der Waals surface area contributed by atoms with Crippen molar-refractivity contribution in [2.75, 3.05) is 19.7 Å². The maximum absolute atomic E-state index is 11.7. The van der Waals surface area contributed by atoms with E-state index in [1.165, 1.54) is 0 Å². The second-order valence-corrected chi connectivity index (χ2v) is 5.23. The van der Waals surface area contributed by atoms with Crippen molar-refractivity contribution in [2.24, 2.45) is 5.92 Å². The summed E-state index contributed by atoms with van der Waals surface area (Å²) in [4.78, 5) is 13.3. The Hall–Kier alpha value is -0.810. The highest BCUT2D eigenvalue weighted by molar-refractivity contribution is 5.68. The molecule has 16 heavy (non-hydrogen) atoms. The molecule has 1 fully saturated rings. The Morgan fingerprint density at radius 2 is 2.12 bits per heavy atom. The lowest BCUT2D eigenvalue weighted by Crippen LogP contribution is -2.48. The normalized spacial score (nSPS) is 26.7. The minimum Gasteiger partial charge on any atom is -0.444 e. The molecule has 0 spiro atoms. The molecule has 94 valence electrons. The van der Waals surface area contributed by atoms with Gasteiger partial charge in [-0.05, 0) is 27.2 Å². The van der Waals surface area contributed by atoms with Crippen LogP contribution in [-0.4, -0.2) is 52.6 Å². The van der Waals surface area contributed by atoms with Crippen LogP contribution in [0, 0.1) is 5.92 Å². The molecule has 1 rings (SSSR count). The van der Waals surface area contributed by atoms with Gasteiger partial charge >= 0.3 is 6.09 Å². The summed E-state index contributed by atoms with van der Waals surface area (Å²) < 4.78 is 5.23. The summed E-state index contributed by atoms with van der Waals surface area (Å²) in [6.07, 6.45) is -0.411. The van der Waals surface area contributed by atoms with Crippen molar-refractivity contribution in [2.45, 2.75) is 38.9 Å². The molecule has 0 bridgehead atoms. The summed E-state index contributed by atoms with van der Waals surface area (Å²) in [5.74, 6) is -0.263. The van der Waals surface area contributed by atoms with Crippen molar-refractivity contribution in [3.63, 3.8) is 0 Å². The Labute approximate surface area is 96.0 Å². The van der Waals surface area contributed by atoms with E-state index in [2.05, 4.69) is 0 Å². The Balaban J connectivity index is 2.52. The molecule has 0 aromatic heterocycles. The highest BCUT2D eigenvalue weighted by Crippen LogP contribution is 2.19. The lowest BCUT2D eigenvalue weighted by molar-refractivity contribution is -0.0203. The standard InChI is InChI=1S/C11H21NO4/c1-11(2,3)16-10(15)12-5-4-9(14)8(6-12)7-13/h8-9,13-14H,4-7H2,1-3H3/t8-,9-/m0/s1. The maximum Gasteiger partial charge on any atom is 0.410 e. The number of aliphatic hydroxyl groups is 2. The van der Waals surface area contributed by atoms with E-state index < -0.39 is 11.7 Å². The van der Waals surface area contributed by atoms with Gasteiger partial charge in [0.25, 0.3) is 0 Å². The monoisotopic (exact) mass is 231 g/mol. The van der Waals surface area contributed by atoms with E-state index in [0.29, 0.717) is 19.5 Å². The van der Waals surface area contributed by atoms with Crippen LogP contribution in [0.25, 0.3) is 0 Å². The first kappa shape index (κ1) is 13.3. The van der Waals surface area contributed by atoms with Gasteiger partial charge in [-0.3, -0.25) is 0 Å². The van der Waals surface area contributed by atoms with Gasteiger partial charge in [-0.25, -0.2) is 4.79 Å². The number of rotatable bonds is 1. The number of piperidine rings is 1. The fourth-order valence-electron chi connectivity index (χ4n) is 1.69. The maximum atomic E-state index is 11.7. The topological polar surface area (TPSA) is 70.0 Å². The molecule has 1 aliphatic heterocycles. The van der Waals surface area contributed by atoms with Crippen molar-refractivity contribution in [1.29, 1.82) is 0 Å². The number of hydrogen-bond acceptors (Lipinski definition) is 4. The molecule has 2 atom stereocenters. The van der Waals surface area contributed by atoms with Gasteiger partial charge in [0.1, 0.15) is 5.60 Å². The molecule has 1 aliphatic rings. The first-order valence-corrected chi connectivity index (χ1v) is 5.60. The van der Waals surface area contributed by atoms with E-state index in [4.69, 9.17) is 9.84 Å². The van der Waals surface area contributed by atoms with Gasteiger partial charge in [-0.1, -0.05) is 0 Å². The van der Waals surface area contributed by atoms with Gasteiger partial charge in [0.2, 0.25) is 0 Å². The molecule has 0 aliphatic carbocycles. The highest BCUT2D eigenvalue weighted by atomic mass is 16.6. The van der Waals surface area contributed by atoms with Gasteiger partial charge < -0.3 is 19.8 Å². The molecule has 1 amide bonds. The van der Waals surface area contributed by atoms with Gasteiger partial charge in [-0.2, -0.15) is 0 Å². The Bertz CT molecular complexity index is 249. The molecule has 0 saturated carbocycles. The van der Waals surface area contributed by atoms with Crippen LogP contribution >= 0.6 is 0 Å². The Morgan fingerprint density at radius 3 is 2.62 bits per heavy atom. The van der Waals surface area contributed by atoms with Crippen LogP contribution in [0.4, 0.5) is 4.79 Å². The number of carbonyl (C=O) groups excluding carboxylic acids is 1. The zero-order chi connectivity index (χ0) is 12.3. The van der Waals surface area contributed by atoms with Crippen LogP contribution < -0.4 is 0 Å². The summed E-state index contributed by atoms with van der Waals surface area (Å²) >= 11 is 0. The second kappa shape index (κ2) is 5.01. The van der Waals surface area contributed by atoms with Gasteiger partial charge in [0.05, 0.1) is 12.7 Å². The number of carbonyl (C=O) groups is 1. The summed E-state index contributed by atoms with van der Waals surface area (Å²) in [5, 5.41) is 18.6. The first-order valence-electron chi connectivity index (χ1n) is 5.60. The Morgan fingerprint density at radius 1 is 1.50 bits per heavy atom. The molecule has 0 unspecified atom stereocenters. The lowest BCUT2D eigenvalue weighted by Gasteiger charge is -2.36. The SMILES string of the molecule is CC(C)(C)OC(=O)N1CC[C@H](O)[C@H](CO)C1. The molecule has 5 heteroatoms. The fraction of sp³-hybridized carbons (Fsp3) is 0.909. The minimum atomic E-state index is -0.524. The molecular weight excluding hydrogens is 210 g/mol. The van der Waals surface area contributed by atoms with Crippen molar-refractivity contribution in [1.82, 2.24) is 4.90 Å². The van der Waals surface area contributed by atoms with Crippen molar-refractivity contribution < 1.29 is 19.7 Å². The number of nitrogens with zero attached hydrogens (tertiary/aromatic N) is 1. The first-order chi connectivity index (χ1) is 7.33. The lowest BCUT2D eigenvalue weighted by atomic mass is 9.96. The van der Waals surface area contributed by atoms with E-state index in [1.807, 2.05) is 20.8 Å². The van der Waals surface area contributed by atoms with Crippen molar-refractivity contribution >= 4 is 6.09 Å². The predicted octanol–water partition coefficient (Wildman–Crippen LogP) is 0.597. The molecule has 1 heterocycles. The minimum absolute atomic E-state index is 0.111. The third-order valence-electron chi connectivity index (χ3n) is 2.58. The third kappa shape index (κ3) is 3.64. The molecule has 1 saturated heterocycles. The molecule has 5 nitrogen and oxygen atoms in total. The van der Waals surface area contributed by atoms with E-state index in [0.717, 1.165) is 0 Å². The van der Waals surface area contributed by atoms with Crippen LogP contribution in [0.5, 0.6) is 0 Å². The molecule has 2 N–H and O–H groups in total. The largest absolute Gasteiger partial charge is 0.444 e. The zero-order valence-electron chi connectivity index (χ0n) is 10.1. The number of aliphatic hydroxyl groups excluding tert-OH is 2. The van der Waals surface area contributed by atoms with Gasteiger partial charge in [0, 0.05) is 19.0 Å². The predicted molar refractivity (Wildman–Crippen MR) is 59.0 cm³/mol. The quantitative estimate of drug-likeness (QED) is 0.693. The number of amides is 1. The summed E-state index contributed by atoms with van der Waals surface area (Å²) in [5.41, 5.74) is -0.512. The van der Waals surface area contributed by atoms with E-state index in [-0.39, 0.29) is 18.6 Å². The van der Waals surface area contributed by atoms with Crippen LogP contribution in [0.3, 0.4) is 0 Å². The molecule has 0 aromatic carbocycles. The van der Waals surface area contributed by atoms with Crippen LogP contribution in [0.2, 0.25) is 0 Å². The van der Waals surface area contributed by atoms with Crippen LogP contribution in [0.1, 0.15) is 27.2 Å². The summed E-state index contributed by atoms with van der Waals surface area (Å²) in [6.45, 7) is 6.16. The van der Waals surface area contributed by atoms with E-state index in [9.17, 15) is 9.90 Å². The molecule has 0 aromatic rings. The van der Waals surface area contributed by atoms with Crippen LogP contribution in [0.15, 0.2) is 0 Å². The second-order valence-electron chi connectivity index (χ2n) is 5.23. The van der Waals surface area contributed by atoms with Gasteiger partial charge in [-0.15, -0.1) is 0 Å². The molecular formula is C11H21NO4. The third-order valence-corrected chi connectivity index (χ3v) is 2.58. The summed E-state index contributed by atoms with van der Waals surface area (Å²) in [6, 6.07) is 0. The highest BCUT2D eigenvalue weighted by Gasteiger charge is 2.31. The van der Waals surface area contributed by atoms with E-state index >= 15 is 0 Å². The molecule has 0 radical (unpaired) electrons.